The fourth-order valence-electron chi connectivity index (χ4n) is 2.97. The molecule has 1 aromatic carbocycles. The van der Waals surface area contributed by atoms with Crippen LogP contribution < -0.4 is 10.6 Å². The molecule has 0 aliphatic carbocycles. The maximum Gasteiger partial charge on any atom is 0.251 e. The molecule has 1 aliphatic heterocycles. The smallest absolute Gasteiger partial charge is 0.251 e. The van der Waals surface area contributed by atoms with Gasteiger partial charge in [0.15, 0.2) is 0 Å². The maximum atomic E-state index is 12.2. The zero-order chi connectivity index (χ0) is 14.8. The lowest BCUT2D eigenvalue weighted by Crippen LogP contribution is -2.23. The van der Waals surface area contributed by atoms with E-state index in [2.05, 4.69) is 22.8 Å². The minimum atomic E-state index is 0.0307. The highest BCUT2D eigenvalue weighted by molar-refractivity contribution is 5.96. The van der Waals surface area contributed by atoms with E-state index in [1.54, 1.807) is 6.26 Å². The highest BCUT2D eigenvalue weighted by atomic mass is 16.3. The van der Waals surface area contributed by atoms with E-state index in [4.69, 9.17) is 4.42 Å². The molecule has 0 spiro atoms. The van der Waals surface area contributed by atoms with Gasteiger partial charge in [0, 0.05) is 17.7 Å². The molecule has 3 rings (SSSR count). The second-order valence-electron chi connectivity index (χ2n) is 5.43. The second kappa shape index (κ2) is 5.74. The van der Waals surface area contributed by atoms with Gasteiger partial charge in [0.1, 0.15) is 5.76 Å². The zero-order valence-electron chi connectivity index (χ0n) is 12.4. The normalized spacial score (nSPS) is 16.0. The summed E-state index contributed by atoms with van der Waals surface area (Å²) in [6.07, 6.45) is 3.64. The van der Waals surface area contributed by atoms with Crippen molar-refractivity contribution in [2.24, 2.45) is 0 Å². The first-order valence-electron chi connectivity index (χ1n) is 7.33. The first kappa shape index (κ1) is 13.9. The SMILES string of the molecule is CNC(c1ccc2c(c1)C(=O)NCCC2)c1ccoc1C. The quantitative estimate of drug-likeness (QED) is 0.911. The first-order valence-corrected chi connectivity index (χ1v) is 7.33. The Morgan fingerprint density at radius 1 is 1.33 bits per heavy atom. The summed E-state index contributed by atoms with van der Waals surface area (Å²) in [7, 11) is 1.92. The van der Waals surface area contributed by atoms with Crippen molar-refractivity contribution in [1.82, 2.24) is 10.6 Å². The molecular formula is C17H20N2O2. The van der Waals surface area contributed by atoms with Crippen LogP contribution in [0.5, 0.6) is 0 Å². The number of carbonyl (C=O) groups excluding carboxylic acids is 1. The summed E-state index contributed by atoms with van der Waals surface area (Å²) < 4.78 is 5.40. The van der Waals surface area contributed by atoms with Crippen molar-refractivity contribution in [2.45, 2.75) is 25.8 Å². The summed E-state index contributed by atoms with van der Waals surface area (Å²) in [5, 5.41) is 6.26. The van der Waals surface area contributed by atoms with Crippen molar-refractivity contribution in [2.75, 3.05) is 13.6 Å². The number of rotatable bonds is 3. The molecule has 1 aromatic heterocycles. The maximum absolute atomic E-state index is 12.2. The van der Waals surface area contributed by atoms with Crippen LogP contribution in [-0.4, -0.2) is 19.5 Å². The Kier molecular flexibility index (Phi) is 3.80. The van der Waals surface area contributed by atoms with Crippen LogP contribution in [0.1, 0.15) is 45.3 Å². The third-order valence-electron chi connectivity index (χ3n) is 4.12. The lowest BCUT2D eigenvalue weighted by molar-refractivity contribution is 0.0956. The van der Waals surface area contributed by atoms with E-state index in [9.17, 15) is 4.79 Å². The number of benzene rings is 1. The minimum absolute atomic E-state index is 0.0307. The number of hydrogen-bond donors (Lipinski definition) is 2. The Hall–Kier alpha value is -2.07. The summed E-state index contributed by atoms with van der Waals surface area (Å²) in [6.45, 7) is 2.70. The molecule has 0 bridgehead atoms. The third-order valence-corrected chi connectivity index (χ3v) is 4.12. The van der Waals surface area contributed by atoms with Gasteiger partial charge in [-0.3, -0.25) is 4.79 Å². The van der Waals surface area contributed by atoms with Crippen molar-refractivity contribution < 1.29 is 9.21 Å². The van der Waals surface area contributed by atoms with Crippen LogP contribution in [0, 0.1) is 6.92 Å². The molecule has 4 nitrogen and oxygen atoms in total. The molecule has 21 heavy (non-hydrogen) atoms. The van der Waals surface area contributed by atoms with Crippen molar-refractivity contribution >= 4 is 5.91 Å². The van der Waals surface area contributed by atoms with Crippen LogP contribution in [0.4, 0.5) is 0 Å². The van der Waals surface area contributed by atoms with Gasteiger partial charge in [0.05, 0.1) is 12.3 Å². The van der Waals surface area contributed by atoms with Gasteiger partial charge in [0.2, 0.25) is 0 Å². The molecule has 2 N–H and O–H groups in total. The number of nitrogens with one attached hydrogen (secondary N) is 2. The number of fused-ring (bicyclic) bond motifs is 1. The van der Waals surface area contributed by atoms with Gasteiger partial charge in [-0.05, 0) is 50.1 Å². The van der Waals surface area contributed by atoms with Crippen molar-refractivity contribution in [3.8, 4) is 0 Å². The second-order valence-corrected chi connectivity index (χ2v) is 5.43. The molecule has 1 aliphatic rings. The van der Waals surface area contributed by atoms with E-state index in [-0.39, 0.29) is 11.9 Å². The number of furan rings is 1. The van der Waals surface area contributed by atoms with E-state index in [0.29, 0.717) is 0 Å². The molecule has 1 unspecified atom stereocenters. The summed E-state index contributed by atoms with van der Waals surface area (Å²) in [4.78, 5) is 12.2. The molecular weight excluding hydrogens is 264 g/mol. The predicted octanol–water partition coefficient (Wildman–Crippen LogP) is 2.57. The van der Waals surface area contributed by atoms with Crippen molar-refractivity contribution in [3.05, 3.63) is 58.5 Å². The predicted molar refractivity (Wildman–Crippen MR) is 81.4 cm³/mol. The van der Waals surface area contributed by atoms with E-state index in [1.165, 1.54) is 0 Å². The highest BCUT2D eigenvalue weighted by Gasteiger charge is 2.20. The fraction of sp³-hybridized carbons (Fsp3) is 0.353. The highest BCUT2D eigenvalue weighted by Crippen LogP contribution is 2.27. The van der Waals surface area contributed by atoms with E-state index in [0.717, 1.165) is 47.4 Å². The average Bonchev–Trinajstić information content (AvgIpc) is 2.82. The Labute approximate surface area is 124 Å². The van der Waals surface area contributed by atoms with Crippen LogP contribution in [0.25, 0.3) is 0 Å². The summed E-state index contributed by atoms with van der Waals surface area (Å²) in [5.41, 5.74) is 4.11. The topological polar surface area (TPSA) is 54.3 Å². The monoisotopic (exact) mass is 284 g/mol. The molecule has 110 valence electrons. The van der Waals surface area contributed by atoms with Crippen LogP contribution in [-0.2, 0) is 6.42 Å². The van der Waals surface area contributed by atoms with Crippen LogP contribution >= 0.6 is 0 Å². The Morgan fingerprint density at radius 3 is 2.90 bits per heavy atom. The molecule has 1 amide bonds. The number of aryl methyl sites for hydroxylation is 2. The molecule has 2 aromatic rings. The number of carbonyl (C=O) groups is 1. The van der Waals surface area contributed by atoms with Crippen molar-refractivity contribution in [3.63, 3.8) is 0 Å². The minimum Gasteiger partial charge on any atom is -0.469 e. The third kappa shape index (κ3) is 2.59. The van der Waals surface area contributed by atoms with Gasteiger partial charge in [0.25, 0.3) is 5.91 Å². The Bertz CT molecular complexity index is 661. The lowest BCUT2D eigenvalue weighted by Gasteiger charge is -2.18. The molecule has 0 radical (unpaired) electrons. The molecule has 1 atom stereocenters. The Morgan fingerprint density at radius 2 is 2.19 bits per heavy atom. The lowest BCUT2D eigenvalue weighted by atomic mass is 9.94. The van der Waals surface area contributed by atoms with Gasteiger partial charge in [-0.2, -0.15) is 0 Å². The van der Waals surface area contributed by atoms with Gasteiger partial charge in [-0.1, -0.05) is 12.1 Å². The van der Waals surface area contributed by atoms with Crippen LogP contribution in [0.2, 0.25) is 0 Å². The summed E-state index contributed by atoms with van der Waals surface area (Å²) in [6, 6.07) is 8.19. The largest absolute Gasteiger partial charge is 0.469 e. The fourth-order valence-corrected chi connectivity index (χ4v) is 2.97. The van der Waals surface area contributed by atoms with Crippen LogP contribution in [0.15, 0.2) is 34.9 Å². The first-order chi connectivity index (χ1) is 10.2. The Balaban J connectivity index is 2.02. The van der Waals surface area contributed by atoms with E-state index >= 15 is 0 Å². The van der Waals surface area contributed by atoms with Gasteiger partial charge in [-0.15, -0.1) is 0 Å². The molecule has 4 heteroatoms. The van der Waals surface area contributed by atoms with Gasteiger partial charge >= 0.3 is 0 Å². The number of amides is 1. The molecule has 0 fully saturated rings. The molecule has 0 saturated heterocycles. The van der Waals surface area contributed by atoms with Gasteiger partial charge < -0.3 is 15.1 Å². The van der Waals surface area contributed by atoms with Gasteiger partial charge in [-0.25, -0.2) is 0 Å². The summed E-state index contributed by atoms with van der Waals surface area (Å²) in [5.74, 6) is 0.928. The van der Waals surface area contributed by atoms with Crippen LogP contribution in [0.3, 0.4) is 0 Å². The van der Waals surface area contributed by atoms with E-state index in [1.807, 2.05) is 26.1 Å². The average molecular weight is 284 g/mol. The molecule has 2 heterocycles. The molecule has 0 saturated carbocycles. The van der Waals surface area contributed by atoms with E-state index < -0.39 is 0 Å². The zero-order valence-corrected chi connectivity index (χ0v) is 12.4. The summed E-state index contributed by atoms with van der Waals surface area (Å²) >= 11 is 0. The standard InChI is InChI=1S/C17H20N2O2/c1-11-14(7-9-21-11)16(18-2)13-6-5-12-4-3-8-19-17(20)15(12)10-13/h5-7,9-10,16,18H,3-4,8H2,1-2H3,(H,19,20). The van der Waals surface area contributed by atoms with Crippen molar-refractivity contribution in [1.29, 1.82) is 0 Å². The number of hydrogen-bond acceptors (Lipinski definition) is 3.